The summed E-state index contributed by atoms with van der Waals surface area (Å²) in [4.78, 5) is 5.36. The Balaban J connectivity index is 1.61. The summed E-state index contributed by atoms with van der Waals surface area (Å²) in [6.07, 6.45) is 8.12. The largest absolute Gasteiger partial charge is 0.381 e. The van der Waals surface area contributed by atoms with Crippen molar-refractivity contribution >= 4 is 0 Å². The maximum absolute atomic E-state index is 6.18. The molecular weight excluding hydrogens is 238 g/mol. The summed E-state index contributed by atoms with van der Waals surface area (Å²) in [5.74, 6) is 0. The van der Waals surface area contributed by atoms with Gasteiger partial charge in [-0.25, -0.2) is 0 Å². The van der Waals surface area contributed by atoms with Gasteiger partial charge in [-0.05, 0) is 38.5 Å². The van der Waals surface area contributed by atoms with Crippen molar-refractivity contribution in [3.8, 4) is 0 Å². The second kappa shape index (κ2) is 5.68. The van der Waals surface area contributed by atoms with Gasteiger partial charge >= 0.3 is 0 Å². The summed E-state index contributed by atoms with van der Waals surface area (Å²) < 4.78 is 5.62. The molecule has 0 spiro atoms. The minimum absolute atomic E-state index is 0.217. The maximum Gasteiger partial charge on any atom is 0.0589 e. The van der Waals surface area contributed by atoms with Crippen molar-refractivity contribution in [2.24, 2.45) is 5.73 Å². The zero-order valence-corrected chi connectivity index (χ0v) is 12.3. The average Bonchev–Trinajstić information content (AvgIpc) is 3.32. The molecule has 0 aromatic carbocycles. The van der Waals surface area contributed by atoms with E-state index in [2.05, 4.69) is 9.80 Å². The number of piperazine rings is 1. The molecule has 1 saturated heterocycles. The molecule has 2 saturated carbocycles. The van der Waals surface area contributed by atoms with Crippen LogP contribution in [0.4, 0.5) is 0 Å². The average molecular weight is 267 g/mol. The van der Waals surface area contributed by atoms with E-state index >= 15 is 0 Å². The number of nitrogens with two attached hydrogens (primary N) is 1. The van der Waals surface area contributed by atoms with Gasteiger partial charge in [0.2, 0.25) is 0 Å². The van der Waals surface area contributed by atoms with E-state index in [1.54, 1.807) is 0 Å². The van der Waals surface area contributed by atoms with Crippen LogP contribution in [-0.2, 0) is 4.74 Å². The molecule has 1 heterocycles. The first-order chi connectivity index (χ1) is 9.27. The summed E-state index contributed by atoms with van der Waals surface area (Å²) in [7, 11) is 1.85. The maximum atomic E-state index is 6.18. The van der Waals surface area contributed by atoms with Gasteiger partial charge in [-0.15, -0.1) is 0 Å². The Hall–Kier alpha value is -0.160. The zero-order chi connectivity index (χ0) is 13.3. The third-order valence-electron chi connectivity index (χ3n) is 5.54. The molecule has 3 rings (SSSR count). The monoisotopic (exact) mass is 267 g/mol. The SMILES string of the molecule is COC1CCCC(CN)(N2CCN(C3CC3)CC2)C1. The van der Waals surface area contributed by atoms with Crippen molar-refractivity contribution in [2.45, 2.75) is 56.2 Å². The number of methoxy groups -OCH3 is 1. The number of rotatable bonds is 4. The van der Waals surface area contributed by atoms with E-state index in [0.29, 0.717) is 6.10 Å². The van der Waals surface area contributed by atoms with Crippen molar-refractivity contribution in [1.29, 1.82) is 0 Å². The van der Waals surface area contributed by atoms with Crippen LogP contribution in [0.25, 0.3) is 0 Å². The molecule has 2 atom stereocenters. The topological polar surface area (TPSA) is 41.7 Å². The molecule has 2 N–H and O–H groups in total. The molecule has 0 aromatic rings. The van der Waals surface area contributed by atoms with Crippen LogP contribution < -0.4 is 5.73 Å². The van der Waals surface area contributed by atoms with Crippen molar-refractivity contribution in [1.82, 2.24) is 9.80 Å². The van der Waals surface area contributed by atoms with E-state index in [1.165, 1.54) is 58.3 Å². The zero-order valence-electron chi connectivity index (χ0n) is 12.3. The van der Waals surface area contributed by atoms with Gasteiger partial charge in [0.05, 0.1) is 6.10 Å². The van der Waals surface area contributed by atoms with Gasteiger partial charge < -0.3 is 10.5 Å². The Kier molecular flexibility index (Phi) is 4.13. The van der Waals surface area contributed by atoms with Gasteiger partial charge in [0, 0.05) is 51.4 Å². The Morgan fingerprint density at radius 2 is 1.89 bits per heavy atom. The predicted octanol–water partition coefficient (Wildman–Crippen LogP) is 1.05. The Bertz CT molecular complexity index is 300. The highest BCUT2D eigenvalue weighted by molar-refractivity contribution is 4.99. The lowest BCUT2D eigenvalue weighted by Crippen LogP contribution is -2.62. The van der Waals surface area contributed by atoms with E-state index in [0.717, 1.165) is 19.0 Å². The van der Waals surface area contributed by atoms with Crippen molar-refractivity contribution in [3.63, 3.8) is 0 Å². The summed E-state index contributed by atoms with van der Waals surface area (Å²) in [5, 5.41) is 0. The molecule has 0 radical (unpaired) electrons. The summed E-state index contributed by atoms with van der Waals surface area (Å²) in [5.41, 5.74) is 6.40. The Morgan fingerprint density at radius 3 is 2.47 bits per heavy atom. The molecule has 110 valence electrons. The molecule has 3 aliphatic rings. The van der Waals surface area contributed by atoms with Gasteiger partial charge in [-0.3, -0.25) is 9.80 Å². The van der Waals surface area contributed by atoms with Crippen LogP contribution in [-0.4, -0.2) is 67.3 Å². The van der Waals surface area contributed by atoms with Gasteiger partial charge in [-0.2, -0.15) is 0 Å². The van der Waals surface area contributed by atoms with E-state index in [1.807, 2.05) is 7.11 Å². The molecule has 3 fully saturated rings. The number of nitrogens with zero attached hydrogens (tertiary/aromatic N) is 2. The molecule has 1 aliphatic heterocycles. The second-order valence-corrected chi connectivity index (χ2v) is 6.64. The fourth-order valence-electron chi connectivity index (χ4n) is 4.09. The normalized spacial score (nSPS) is 38.5. The first-order valence-corrected chi connectivity index (χ1v) is 7.99. The molecule has 2 aliphatic carbocycles. The molecule has 4 nitrogen and oxygen atoms in total. The van der Waals surface area contributed by atoms with Crippen LogP contribution in [0.2, 0.25) is 0 Å². The van der Waals surface area contributed by atoms with E-state index in [9.17, 15) is 0 Å². The van der Waals surface area contributed by atoms with E-state index in [-0.39, 0.29) is 5.54 Å². The van der Waals surface area contributed by atoms with E-state index < -0.39 is 0 Å². The smallest absolute Gasteiger partial charge is 0.0589 e. The van der Waals surface area contributed by atoms with Gasteiger partial charge in [0.15, 0.2) is 0 Å². The minimum atomic E-state index is 0.217. The minimum Gasteiger partial charge on any atom is -0.381 e. The number of ether oxygens (including phenoxy) is 1. The molecular formula is C15H29N3O. The fraction of sp³-hybridized carbons (Fsp3) is 1.00. The van der Waals surface area contributed by atoms with Crippen molar-refractivity contribution in [2.75, 3.05) is 39.8 Å². The van der Waals surface area contributed by atoms with Crippen LogP contribution in [0.3, 0.4) is 0 Å². The lowest BCUT2D eigenvalue weighted by molar-refractivity contribution is -0.0404. The Labute approximate surface area is 117 Å². The molecule has 4 heteroatoms. The first-order valence-electron chi connectivity index (χ1n) is 7.99. The van der Waals surface area contributed by atoms with Gasteiger partial charge in [-0.1, -0.05) is 0 Å². The third kappa shape index (κ3) is 2.82. The third-order valence-corrected chi connectivity index (χ3v) is 5.54. The lowest BCUT2D eigenvalue weighted by atomic mass is 9.78. The van der Waals surface area contributed by atoms with Crippen LogP contribution in [0.15, 0.2) is 0 Å². The molecule has 2 unspecified atom stereocenters. The van der Waals surface area contributed by atoms with Crippen molar-refractivity contribution < 1.29 is 4.74 Å². The van der Waals surface area contributed by atoms with Crippen LogP contribution in [0, 0.1) is 0 Å². The summed E-state index contributed by atoms with van der Waals surface area (Å²) >= 11 is 0. The standard InChI is InChI=1S/C15H29N3O/c1-19-14-3-2-6-15(11-14,12-16)18-9-7-17(8-10-18)13-4-5-13/h13-14H,2-12,16H2,1H3. The molecule has 0 aromatic heterocycles. The number of hydrogen-bond acceptors (Lipinski definition) is 4. The summed E-state index contributed by atoms with van der Waals surface area (Å²) in [6, 6.07) is 0.911. The summed E-state index contributed by atoms with van der Waals surface area (Å²) in [6.45, 7) is 5.67. The Morgan fingerprint density at radius 1 is 1.16 bits per heavy atom. The lowest BCUT2D eigenvalue weighted by Gasteiger charge is -2.50. The first kappa shape index (κ1) is 13.8. The highest BCUT2D eigenvalue weighted by atomic mass is 16.5. The fourth-order valence-corrected chi connectivity index (χ4v) is 4.09. The van der Waals surface area contributed by atoms with Crippen molar-refractivity contribution in [3.05, 3.63) is 0 Å². The highest BCUT2D eigenvalue weighted by Gasteiger charge is 2.42. The molecule has 19 heavy (non-hydrogen) atoms. The molecule has 0 amide bonds. The van der Waals surface area contributed by atoms with Crippen LogP contribution >= 0.6 is 0 Å². The van der Waals surface area contributed by atoms with Crippen LogP contribution in [0.1, 0.15) is 38.5 Å². The second-order valence-electron chi connectivity index (χ2n) is 6.64. The van der Waals surface area contributed by atoms with E-state index in [4.69, 9.17) is 10.5 Å². The molecule has 0 bridgehead atoms. The number of hydrogen-bond donors (Lipinski definition) is 1. The van der Waals surface area contributed by atoms with Gasteiger partial charge in [0.25, 0.3) is 0 Å². The van der Waals surface area contributed by atoms with Crippen LogP contribution in [0.5, 0.6) is 0 Å². The van der Waals surface area contributed by atoms with Gasteiger partial charge in [0.1, 0.15) is 0 Å². The predicted molar refractivity (Wildman–Crippen MR) is 77.2 cm³/mol. The highest BCUT2D eigenvalue weighted by Crippen LogP contribution is 2.36. The quantitative estimate of drug-likeness (QED) is 0.827.